The molecule has 1 aromatic rings. The highest BCUT2D eigenvalue weighted by Crippen LogP contribution is 2.30. The second-order valence-electron chi connectivity index (χ2n) is 3.66. The minimum atomic E-state index is -0.190. The van der Waals surface area contributed by atoms with E-state index in [-0.39, 0.29) is 12.5 Å². The summed E-state index contributed by atoms with van der Waals surface area (Å²) >= 11 is 5.98. The molecule has 1 rings (SSSR count). The second-order valence-corrected chi connectivity index (χ2v) is 4.06. The molecule has 0 fully saturated rings. The number of amides is 1. The average molecular weight is 267 g/mol. The van der Waals surface area contributed by atoms with Crippen molar-refractivity contribution in [2.45, 2.75) is 6.92 Å². The van der Waals surface area contributed by atoms with Gasteiger partial charge in [0.05, 0.1) is 25.9 Å². The standard InChI is InChI=1S/C13H15ClN2O2/c1-4-5-15-8-13(17)16-11-6-9(2)10(14)7-12(11)18-3/h1,6-7,15H,5,8H2,2-3H3,(H,16,17). The van der Waals surface area contributed by atoms with Crippen molar-refractivity contribution in [1.82, 2.24) is 5.32 Å². The Labute approximate surface area is 112 Å². The van der Waals surface area contributed by atoms with Crippen molar-refractivity contribution < 1.29 is 9.53 Å². The van der Waals surface area contributed by atoms with E-state index >= 15 is 0 Å². The van der Waals surface area contributed by atoms with Crippen molar-refractivity contribution in [1.29, 1.82) is 0 Å². The van der Waals surface area contributed by atoms with Crippen LogP contribution in [-0.2, 0) is 4.79 Å². The highest BCUT2D eigenvalue weighted by molar-refractivity contribution is 6.31. The van der Waals surface area contributed by atoms with Crippen LogP contribution in [0.25, 0.3) is 0 Å². The Morgan fingerprint density at radius 2 is 2.28 bits per heavy atom. The summed E-state index contributed by atoms with van der Waals surface area (Å²) in [6.45, 7) is 2.35. The number of methoxy groups -OCH3 is 1. The van der Waals surface area contributed by atoms with Gasteiger partial charge in [0.25, 0.3) is 0 Å². The number of hydrogen-bond donors (Lipinski definition) is 2. The summed E-state index contributed by atoms with van der Waals surface area (Å²) in [5, 5.41) is 6.13. The van der Waals surface area contributed by atoms with Gasteiger partial charge in [0.2, 0.25) is 5.91 Å². The summed E-state index contributed by atoms with van der Waals surface area (Å²) in [6, 6.07) is 3.43. The van der Waals surface area contributed by atoms with E-state index < -0.39 is 0 Å². The molecule has 4 nitrogen and oxygen atoms in total. The summed E-state index contributed by atoms with van der Waals surface area (Å²) in [5.74, 6) is 2.73. The second kappa shape index (κ2) is 6.90. The molecule has 1 amide bonds. The Kier molecular flexibility index (Phi) is 5.50. The van der Waals surface area contributed by atoms with Crippen molar-refractivity contribution in [3.8, 4) is 18.1 Å². The molecule has 18 heavy (non-hydrogen) atoms. The number of anilines is 1. The fourth-order valence-electron chi connectivity index (χ4n) is 1.37. The number of nitrogens with one attached hydrogen (secondary N) is 2. The first-order valence-corrected chi connectivity index (χ1v) is 5.74. The predicted molar refractivity (Wildman–Crippen MR) is 73.1 cm³/mol. The summed E-state index contributed by atoms with van der Waals surface area (Å²) in [7, 11) is 1.52. The largest absolute Gasteiger partial charge is 0.495 e. The molecule has 0 bridgehead atoms. The van der Waals surface area contributed by atoms with Gasteiger partial charge < -0.3 is 10.1 Å². The summed E-state index contributed by atoms with van der Waals surface area (Å²) < 4.78 is 5.16. The Balaban J connectivity index is 2.74. The maximum absolute atomic E-state index is 11.6. The Morgan fingerprint density at radius 3 is 2.89 bits per heavy atom. The van der Waals surface area contributed by atoms with E-state index in [9.17, 15) is 4.79 Å². The van der Waals surface area contributed by atoms with Gasteiger partial charge in [0, 0.05) is 11.1 Å². The molecule has 0 saturated heterocycles. The first-order chi connectivity index (χ1) is 8.58. The normalized spacial score (nSPS) is 9.67. The molecule has 0 heterocycles. The van der Waals surface area contributed by atoms with Crippen LogP contribution in [0, 0.1) is 19.3 Å². The van der Waals surface area contributed by atoms with Crippen LogP contribution < -0.4 is 15.4 Å². The maximum Gasteiger partial charge on any atom is 0.238 e. The Bertz CT molecular complexity index is 481. The molecule has 0 unspecified atom stereocenters. The molecular weight excluding hydrogens is 252 g/mol. The third-order valence-electron chi connectivity index (χ3n) is 2.27. The SMILES string of the molecule is C#CCNCC(=O)Nc1cc(C)c(Cl)cc1OC. The van der Waals surface area contributed by atoms with Gasteiger partial charge in [-0.2, -0.15) is 0 Å². The van der Waals surface area contributed by atoms with Crippen LogP contribution in [0.4, 0.5) is 5.69 Å². The van der Waals surface area contributed by atoms with E-state index in [0.29, 0.717) is 23.0 Å². The lowest BCUT2D eigenvalue weighted by molar-refractivity contribution is -0.115. The van der Waals surface area contributed by atoms with Gasteiger partial charge in [0.15, 0.2) is 0 Å². The minimum absolute atomic E-state index is 0.148. The number of carbonyl (C=O) groups is 1. The lowest BCUT2D eigenvalue weighted by atomic mass is 10.2. The van der Waals surface area contributed by atoms with E-state index in [1.54, 1.807) is 12.1 Å². The minimum Gasteiger partial charge on any atom is -0.495 e. The fourth-order valence-corrected chi connectivity index (χ4v) is 1.53. The molecule has 0 aliphatic rings. The molecule has 0 atom stereocenters. The predicted octanol–water partition coefficient (Wildman–Crippen LogP) is 1.82. The van der Waals surface area contributed by atoms with Gasteiger partial charge in [-0.15, -0.1) is 6.42 Å². The number of terminal acetylenes is 1. The number of aryl methyl sites for hydroxylation is 1. The van der Waals surface area contributed by atoms with Gasteiger partial charge in [-0.3, -0.25) is 10.1 Å². The molecular formula is C13H15ClN2O2. The lowest BCUT2D eigenvalue weighted by Crippen LogP contribution is -2.28. The zero-order valence-electron chi connectivity index (χ0n) is 10.3. The highest BCUT2D eigenvalue weighted by Gasteiger charge is 2.09. The first kappa shape index (κ1) is 14.4. The Hall–Kier alpha value is -1.70. The summed E-state index contributed by atoms with van der Waals surface area (Å²) in [6.07, 6.45) is 5.07. The van der Waals surface area contributed by atoms with Gasteiger partial charge in [0.1, 0.15) is 5.75 Å². The van der Waals surface area contributed by atoms with E-state index in [0.717, 1.165) is 5.56 Å². The topological polar surface area (TPSA) is 50.4 Å². The number of carbonyl (C=O) groups excluding carboxylic acids is 1. The molecule has 96 valence electrons. The molecule has 5 heteroatoms. The average Bonchev–Trinajstić information content (AvgIpc) is 2.34. The van der Waals surface area contributed by atoms with Crippen LogP contribution in [-0.4, -0.2) is 26.1 Å². The van der Waals surface area contributed by atoms with Crippen molar-refractivity contribution in [3.63, 3.8) is 0 Å². The van der Waals surface area contributed by atoms with Crippen LogP contribution in [0.2, 0.25) is 5.02 Å². The van der Waals surface area contributed by atoms with Gasteiger partial charge >= 0.3 is 0 Å². The number of hydrogen-bond acceptors (Lipinski definition) is 3. The number of rotatable bonds is 5. The highest BCUT2D eigenvalue weighted by atomic mass is 35.5. The van der Waals surface area contributed by atoms with Gasteiger partial charge in [-0.1, -0.05) is 17.5 Å². The lowest BCUT2D eigenvalue weighted by Gasteiger charge is -2.12. The number of ether oxygens (including phenoxy) is 1. The van der Waals surface area contributed by atoms with Crippen LogP contribution in [0.5, 0.6) is 5.75 Å². The maximum atomic E-state index is 11.6. The van der Waals surface area contributed by atoms with Crippen LogP contribution >= 0.6 is 11.6 Å². The van der Waals surface area contributed by atoms with Crippen molar-refractivity contribution in [2.24, 2.45) is 0 Å². The van der Waals surface area contributed by atoms with Gasteiger partial charge in [-0.05, 0) is 18.6 Å². The van der Waals surface area contributed by atoms with Crippen molar-refractivity contribution in [3.05, 3.63) is 22.7 Å². The van der Waals surface area contributed by atoms with Crippen LogP contribution in [0.1, 0.15) is 5.56 Å². The molecule has 0 aliphatic carbocycles. The molecule has 0 aromatic heterocycles. The van der Waals surface area contributed by atoms with E-state index in [1.165, 1.54) is 7.11 Å². The third-order valence-corrected chi connectivity index (χ3v) is 2.67. The monoisotopic (exact) mass is 266 g/mol. The molecule has 0 spiro atoms. The van der Waals surface area contributed by atoms with Crippen molar-refractivity contribution >= 4 is 23.2 Å². The molecule has 0 saturated carbocycles. The van der Waals surface area contributed by atoms with E-state index in [4.69, 9.17) is 22.8 Å². The first-order valence-electron chi connectivity index (χ1n) is 5.36. The van der Waals surface area contributed by atoms with Crippen LogP contribution in [0.3, 0.4) is 0 Å². The fraction of sp³-hybridized carbons (Fsp3) is 0.308. The Morgan fingerprint density at radius 1 is 1.56 bits per heavy atom. The van der Waals surface area contributed by atoms with Crippen molar-refractivity contribution in [2.75, 3.05) is 25.5 Å². The smallest absolute Gasteiger partial charge is 0.238 e. The molecule has 0 aliphatic heterocycles. The zero-order valence-corrected chi connectivity index (χ0v) is 11.1. The van der Waals surface area contributed by atoms with Crippen LogP contribution in [0.15, 0.2) is 12.1 Å². The van der Waals surface area contributed by atoms with Gasteiger partial charge in [-0.25, -0.2) is 0 Å². The van der Waals surface area contributed by atoms with E-state index in [1.807, 2.05) is 6.92 Å². The number of halogens is 1. The molecule has 2 N–H and O–H groups in total. The summed E-state index contributed by atoms with van der Waals surface area (Å²) in [5.41, 5.74) is 1.45. The quantitative estimate of drug-likeness (QED) is 0.631. The number of benzene rings is 1. The molecule has 1 aromatic carbocycles. The third kappa shape index (κ3) is 3.95. The summed E-state index contributed by atoms with van der Waals surface area (Å²) in [4.78, 5) is 11.6. The molecule has 0 radical (unpaired) electrons. The van der Waals surface area contributed by atoms with E-state index in [2.05, 4.69) is 16.6 Å². The zero-order chi connectivity index (χ0) is 13.5.